The van der Waals surface area contributed by atoms with Crippen molar-refractivity contribution in [1.82, 2.24) is 0 Å². The number of allylic oxidation sites excluding steroid dienone is 2. The van der Waals surface area contributed by atoms with Gasteiger partial charge in [-0.2, -0.15) is 0 Å². The summed E-state index contributed by atoms with van der Waals surface area (Å²) in [6, 6.07) is 0. The molecule has 1 unspecified atom stereocenters. The van der Waals surface area contributed by atoms with Crippen LogP contribution in [-0.2, 0) is 4.79 Å². The standard InChI is InChI=1S/C23H36O2/c1-14(2)21-15(13-24)9-11-22(3)18-10-12-23(4)17(7-8-20(23)25)16(18)5-6-19(21)22/h13-18,20,25H,5-12H2,1-4H3/t15?,16-,17-,18-,20-,22+,23-/m0/s1. The van der Waals surface area contributed by atoms with Crippen LogP contribution in [0.3, 0.4) is 0 Å². The molecule has 2 heteroatoms. The van der Waals surface area contributed by atoms with Crippen LogP contribution in [0.15, 0.2) is 11.1 Å². The number of hydrogen-bond acceptors (Lipinski definition) is 2. The minimum atomic E-state index is -0.0831. The van der Waals surface area contributed by atoms with Gasteiger partial charge in [0.05, 0.1) is 6.10 Å². The summed E-state index contributed by atoms with van der Waals surface area (Å²) < 4.78 is 0. The van der Waals surface area contributed by atoms with Gasteiger partial charge >= 0.3 is 0 Å². The molecule has 4 aliphatic carbocycles. The van der Waals surface area contributed by atoms with Gasteiger partial charge < -0.3 is 9.90 Å². The van der Waals surface area contributed by atoms with Crippen molar-refractivity contribution in [3.63, 3.8) is 0 Å². The maximum atomic E-state index is 11.7. The molecule has 0 heterocycles. The molecule has 1 N–H and O–H groups in total. The molecule has 3 saturated carbocycles. The Labute approximate surface area is 153 Å². The second-order valence-electron chi connectivity index (χ2n) is 10.3. The highest BCUT2D eigenvalue weighted by Gasteiger charge is 2.59. The van der Waals surface area contributed by atoms with Gasteiger partial charge in [-0.3, -0.25) is 0 Å². The second kappa shape index (κ2) is 5.94. The van der Waals surface area contributed by atoms with Crippen molar-refractivity contribution in [3.8, 4) is 0 Å². The van der Waals surface area contributed by atoms with Gasteiger partial charge in [0, 0.05) is 5.92 Å². The Kier molecular flexibility index (Phi) is 4.22. The lowest BCUT2D eigenvalue weighted by atomic mass is 9.46. The van der Waals surface area contributed by atoms with Crippen LogP contribution in [0.4, 0.5) is 0 Å². The first-order chi connectivity index (χ1) is 11.8. The van der Waals surface area contributed by atoms with E-state index in [4.69, 9.17) is 0 Å². The van der Waals surface area contributed by atoms with Crippen molar-refractivity contribution >= 4 is 6.29 Å². The largest absolute Gasteiger partial charge is 0.393 e. The number of carbonyl (C=O) groups excluding carboxylic acids is 1. The molecule has 0 bridgehead atoms. The molecule has 0 amide bonds. The predicted molar refractivity (Wildman–Crippen MR) is 101 cm³/mol. The van der Waals surface area contributed by atoms with E-state index < -0.39 is 0 Å². The zero-order valence-electron chi connectivity index (χ0n) is 16.6. The van der Waals surface area contributed by atoms with Gasteiger partial charge in [-0.25, -0.2) is 0 Å². The third-order valence-corrected chi connectivity index (χ3v) is 9.13. The smallest absolute Gasteiger partial charge is 0.127 e. The molecule has 0 aromatic carbocycles. The second-order valence-corrected chi connectivity index (χ2v) is 10.3. The monoisotopic (exact) mass is 344 g/mol. The maximum Gasteiger partial charge on any atom is 0.127 e. The minimum absolute atomic E-state index is 0.0831. The maximum absolute atomic E-state index is 11.7. The molecule has 0 aromatic rings. The summed E-state index contributed by atoms with van der Waals surface area (Å²) in [6.07, 6.45) is 10.5. The zero-order valence-corrected chi connectivity index (χ0v) is 16.6. The average molecular weight is 345 g/mol. The third-order valence-electron chi connectivity index (χ3n) is 9.13. The molecule has 0 aromatic heterocycles. The molecule has 0 spiro atoms. The number of rotatable bonds is 2. The minimum Gasteiger partial charge on any atom is -0.393 e. The van der Waals surface area contributed by atoms with E-state index in [1.807, 2.05) is 0 Å². The number of aldehydes is 1. The molecule has 4 rings (SSSR count). The van der Waals surface area contributed by atoms with E-state index >= 15 is 0 Å². The lowest BCUT2D eigenvalue weighted by molar-refractivity contribution is -0.111. The molecule has 0 radical (unpaired) electrons. The first-order valence-electron chi connectivity index (χ1n) is 10.7. The molecule has 3 fully saturated rings. The van der Waals surface area contributed by atoms with Crippen LogP contribution in [0.5, 0.6) is 0 Å². The Morgan fingerprint density at radius 1 is 1.04 bits per heavy atom. The summed E-state index contributed by atoms with van der Waals surface area (Å²) in [6.45, 7) is 9.45. The van der Waals surface area contributed by atoms with Crippen molar-refractivity contribution in [2.45, 2.75) is 85.2 Å². The summed E-state index contributed by atoms with van der Waals surface area (Å²) in [5.74, 6) is 2.92. The number of carbonyl (C=O) groups is 1. The number of hydrogen-bond donors (Lipinski definition) is 1. The molecule has 0 saturated heterocycles. The van der Waals surface area contributed by atoms with Gasteiger partial charge in [-0.1, -0.05) is 38.8 Å². The van der Waals surface area contributed by atoms with Crippen molar-refractivity contribution < 1.29 is 9.90 Å². The van der Waals surface area contributed by atoms with Crippen LogP contribution in [0, 0.1) is 40.4 Å². The number of aliphatic hydroxyl groups is 1. The van der Waals surface area contributed by atoms with E-state index in [1.54, 1.807) is 5.57 Å². The van der Waals surface area contributed by atoms with Crippen molar-refractivity contribution in [2.24, 2.45) is 40.4 Å². The fourth-order valence-corrected chi connectivity index (χ4v) is 7.84. The molecule has 2 nitrogen and oxygen atoms in total. The number of fused-ring (bicyclic) bond motifs is 5. The quantitative estimate of drug-likeness (QED) is 0.555. The Hall–Kier alpha value is -0.630. The van der Waals surface area contributed by atoms with Gasteiger partial charge in [0.25, 0.3) is 0 Å². The first kappa shape index (κ1) is 17.8. The summed E-state index contributed by atoms with van der Waals surface area (Å²) in [7, 11) is 0. The van der Waals surface area contributed by atoms with Crippen LogP contribution >= 0.6 is 0 Å². The number of aliphatic hydroxyl groups excluding tert-OH is 1. The van der Waals surface area contributed by atoms with Crippen LogP contribution in [0.2, 0.25) is 0 Å². The summed E-state index contributed by atoms with van der Waals surface area (Å²) in [5.41, 5.74) is 3.62. The fourth-order valence-electron chi connectivity index (χ4n) is 7.84. The van der Waals surface area contributed by atoms with Crippen molar-refractivity contribution in [1.29, 1.82) is 0 Å². The van der Waals surface area contributed by atoms with Gasteiger partial charge in [0.1, 0.15) is 6.29 Å². The van der Waals surface area contributed by atoms with E-state index in [-0.39, 0.29) is 17.4 Å². The molecule has 140 valence electrons. The van der Waals surface area contributed by atoms with Gasteiger partial charge in [-0.05, 0) is 85.9 Å². The highest BCUT2D eigenvalue weighted by atomic mass is 16.3. The zero-order chi connectivity index (χ0) is 18.0. The third kappa shape index (κ3) is 2.35. The van der Waals surface area contributed by atoms with E-state index in [1.165, 1.54) is 50.4 Å². The average Bonchev–Trinajstić information content (AvgIpc) is 2.88. The first-order valence-corrected chi connectivity index (χ1v) is 10.7. The van der Waals surface area contributed by atoms with Crippen LogP contribution in [-0.4, -0.2) is 17.5 Å². The SMILES string of the molecule is CC(C)C1=C2CC[C@H]3[C@@H]4CC[C@H](O)[C@@]4(C)CC[C@@H]3[C@@]2(C)CCC1C=O. The molecule has 25 heavy (non-hydrogen) atoms. The van der Waals surface area contributed by atoms with Gasteiger partial charge in [0.15, 0.2) is 0 Å². The molecule has 4 aliphatic rings. The Morgan fingerprint density at radius 2 is 1.80 bits per heavy atom. The normalized spacial score (nSPS) is 49.6. The topological polar surface area (TPSA) is 37.3 Å². The molecule has 7 atom stereocenters. The highest BCUT2D eigenvalue weighted by Crippen LogP contribution is 2.66. The highest BCUT2D eigenvalue weighted by molar-refractivity contribution is 5.61. The molecular weight excluding hydrogens is 308 g/mol. The lowest BCUT2D eigenvalue weighted by Gasteiger charge is -2.59. The van der Waals surface area contributed by atoms with E-state index in [0.29, 0.717) is 17.3 Å². The Bertz CT molecular complexity index is 591. The van der Waals surface area contributed by atoms with Crippen LogP contribution in [0.1, 0.15) is 79.1 Å². The predicted octanol–water partition coefficient (Wildman–Crippen LogP) is 5.15. The van der Waals surface area contributed by atoms with E-state index in [0.717, 1.165) is 24.7 Å². The van der Waals surface area contributed by atoms with Crippen molar-refractivity contribution in [2.75, 3.05) is 0 Å². The summed E-state index contributed by atoms with van der Waals surface area (Å²) in [5, 5.41) is 10.6. The fraction of sp³-hybridized carbons (Fsp3) is 0.870. The Morgan fingerprint density at radius 3 is 2.48 bits per heavy atom. The van der Waals surface area contributed by atoms with Gasteiger partial charge in [0.2, 0.25) is 0 Å². The van der Waals surface area contributed by atoms with Gasteiger partial charge in [-0.15, -0.1) is 0 Å². The summed E-state index contributed by atoms with van der Waals surface area (Å²) in [4.78, 5) is 11.7. The molecular formula is C23H36O2. The lowest BCUT2D eigenvalue weighted by Crippen LogP contribution is -2.51. The Balaban J connectivity index is 1.73. The van der Waals surface area contributed by atoms with E-state index in [2.05, 4.69) is 27.7 Å². The summed E-state index contributed by atoms with van der Waals surface area (Å²) >= 11 is 0. The van der Waals surface area contributed by atoms with E-state index in [9.17, 15) is 9.90 Å². The van der Waals surface area contributed by atoms with Crippen LogP contribution in [0.25, 0.3) is 0 Å². The molecule has 0 aliphatic heterocycles. The van der Waals surface area contributed by atoms with Crippen LogP contribution < -0.4 is 0 Å². The van der Waals surface area contributed by atoms with Crippen molar-refractivity contribution in [3.05, 3.63) is 11.1 Å².